The second kappa shape index (κ2) is 2.24. The molecule has 1 saturated heterocycles. The van der Waals surface area contributed by atoms with Gasteiger partial charge in [-0.2, -0.15) is 0 Å². The lowest BCUT2D eigenvalue weighted by atomic mass is 9.51. The number of ether oxygens (including phenoxy) is 1. The van der Waals surface area contributed by atoms with E-state index in [9.17, 15) is 5.11 Å². The van der Waals surface area contributed by atoms with E-state index >= 15 is 0 Å². The van der Waals surface area contributed by atoms with Crippen LogP contribution in [0.25, 0.3) is 0 Å². The molecule has 0 aromatic rings. The molecule has 1 heterocycles. The molecule has 1 N–H and O–H groups in total. The maximum atomic E-state index is 9.66. The van der Waals surface area contributed by atoms with Gasteiger partial charge in [0.15, 0.2) is 0 Å². The molecule has 12 heavy (non-hydrogen) atoms. The van der Waals surface area contributed by atoms with E-state index in [2.05, 4.69) is 20.8 Å². The van der Waals surface area contributed by atoms with Gasteiger partial charge >= 0.3 is 0 Å². The van der Waals surface area contributed by atoms with Gasteiger partial charge in [0.25, 0.3) is 0 Å². The highest BCUT2D eigenvalue weighted by Gasteiger charge is 2.58. The second-order valence-electron chi connectivity index (χ2n) is 5.11. The smallest absolute Gasteiger partial charge is 0.0684 e. The van der Waals surface area contributed by atoms with Gasteiger partial charge < -0.3 is 9.84 Å². The number of fused-ring (bicyclic) bond motifs is 1. The minimum absolute atomic E-state index is 0.120. The van der Waals surface area contributed by atoms with Gasteiger partial charge in [0.2, 0.25) is 0 Å². The molecule has 0 radical (unpaired) electrons. The first-order valence-electron chi connectivity index (χ1n) is 4.78. The Kier molecular flexibility index (Phi) is 1.59. The van der Waals surface area contributed by atoms with Crippen LogP contribution in [-0.2, 0) is 4.74 Å². The Hall–Kier alpha value is -0.0800. The van der Waals surface area contributed by atoms with Crippen LogP contribution < -0.4 is 0 Å². The third-order valence-electron chi connectivity index (χ3n) is 3.71. The molecule has 0 aromatic carbocycles. The van der Waals surface area contributed by atoms with E-state index in [-0.39, 0.29) is 11.7 Å². The molecule has 1 saturated carbocycles. The van der Waals surface area contributed by atoms with Crippen molar-refractivity contribution in [3.63, 3.8) is 0 Å². The van der Waals surface area contributed by atoms with E-state index in [0.29, 0.717) is 11.3 Å². The minimum atomic E-state index is -0.134. The minimum Gasteiger partial charge on any atom is -0.393 e. The molecule has 0 bridgehead atoms. The number of hydrogen-bond acceptors (Lipinski definition) is 2. The zero-order chi connectivity index (χ0) is 8.98. The highest BCUT2D eigenvalue weighted by atomic mass is 16.5. The zero-order valence-electron chi connectivity index (χ0n) is 8.13. The van der Waals surface area contributed by atoms with E-state index in [4.69, 9.17) is 4.74 Å². The maximum absolute atomic E-state index is 9.66. The van der Waals surface area contributed by atoms with Crippen molar-refractivity contribution in [2.75, 3.05) is 6.61 Å². The molecule has 2 nitrogen and oxygen atoms in total. The lowest BCUT2D eigenvalue weighted by molar-refractivity contribution is -0.246. The van der Waals surface area contributed by atoms with Crippen molar-refractivity contribution in [1.82, 2.24) is 0 Å². The summed E-state index contributed by atoms with van der Waals surface area (Å²) < 4.78 is 5.67. The quantitative estimate of drug-likeness (QED) is 0.598. The molecule has 70 valence electrons. The monoisotopic (exact) mass is 170 g/mol. The SMILES string of the molecule is CC12CCOC(C)(C)C1C(O)C2. The van der Waals surface area contributed by atoms with Gasteiger partial charge in [-0.05, 0) is 32.1 Å². The van der Waals surface area contributed by atoms with Gasteiger partial charge in [-0.3, -0.25) is 0 Å². The molecule has 0 spiro atoms. The van der Waals surface area contributed by atoms with Crippen LogP contribution in [0.15, 0.2) is 0 Å². The first-order valence-corrected chi connectivity index (χ1v) is 4.78. The summed E-state index contributed by atoms with van der Waals surface area (Å²) in [5.41, 5.74) is 0.228. The summed E-state index contributed by atoms with van der Waals surface area (Å²) in [4.78, 5) is 0. The van der Waals surface area contributed by atoms with Crippen LogP contribution >= 0.6 is 0 Å². The fourth-order valence-corrected chi connectivity index (χ4v) is 3.22. The third-order valence-corrected chi connectivity index (χ3v) is 3.71. The summed E-state index contributed by atoms with van der Waals surface area (Å²) in [6.07, 6.45) is 1.94. The predicted octanol–water partition coefficient (Wildman–Crippen LogP) is 1.57. The van der Waals surface area contributed by atoms with Crippen LogP contribution in [-0.4, -0.2) is 23.4 Å². The average molecular weight is 170 g/mol. The fourth-order valence-electron chi connectivity index (χ4n) is 3.22. The summed E-state index contributed by atoms with van der Waals surface area (Å²) in [6, 6.07) is 0. The molecule has 2 fully saturated rings. The standard InChI is InChI=1S/C10H18O2/c1-9(2)8-7(11)6-10(8,3)4-5-12-9/h7-8,11H,4-6H2,1-3H3. The van der Waals surface area contributed by atoms with Crippen LogP contribution in [0.4, 0.5) is 0 Å². The van der Waals surface area contributed by atoms with Gasteiger partial charge in [-0.25, -0.2) is 0 Å². The van der Waals surface area contributed by atoms with Crippen molar-refractivity contribution in [3.8, 4) is 0 Å². The van der Waals surface area contributed by atoms with Crippen molar-refractivity contribution in [2.24, 2.45) is 11.3 Å². The normalized spacial score (nSPS) is 51.0. The lowest BCUT2D eigenvalue weighted by Crippen LogP contribution is -2.63. The van der Waals surface area contributed by atoms with Crippen LogP contribution in [0.2, 0.25) is 0 Å². The van der Waals surface area contributed by atoms with Gasteiger partial charge in [0.05, 0.1) is 11.7 Å². The molecule has 2 rings (SSSR count). The van der Waals surface area contributed by atoms with Gasteiger partial charge in [0.1, 0.15) is 0 Å². The second-order valence-corrected chi connectivity index (χ2v) is 5.11. The predicted molar refractivity (Wildman–Crippen MR) is 46.9 cm³/mol. The summed E-state index contributed by atoms with van der Waals surface area (Å²) >= 11 is 0. The van der Waals surface area contributed by atoms with Crippen molar-refractivity contribution >= 4 is 0 Å². The Balaban J connectivity index is 2.22. The van der Waals surface area contributed by atoms with E-state index < -0.39 is 0 Å². The Morgan fingerprint density at radius 1 is 1.33 bits per heavy atom. The summed E-state index contributed by atoms with van der Waals surface area (Å²) in [7, 11) is 0. The molecule has 3 atom stereocenters. The van der Waals surface area contributed by atoms with Crippen LogP contribution in [0.5, 0.6) is 0 Å². The molecule has 1 aliphatic carbocycles. The molecule has 3 unspecified atom stereocenters. The van der Waals surface area contributed by atoms with Gasteiger partial charge in [0, 0.05) is 12.5 Å². The summed E-state index contributed by atoms with van der Waals surface area (Å²) in [5, 5.41) is 9.66. The molecule has 0 amide bonds. The number of rotatable bonds is 0. The Labute approximate surface area is 73.9 Å². The third kappa shape index (κ3) is 0.944. The Morgan fingerprint density at radius 3 is 2.42 bits per heavy atom. The van der Waals surface area contributed by atoms with Gasteiger partial charge in [-0.15, -0.1) is 0 Å². The lowest BCUT2D eigenvalue weighted by Gasteiger charge is -2.60. The number of hydrogen-bond donors (Lipinski definition) is 1. The van der Waals surface area contributed by atoms with E-state index in [0.717, 1.165) is 19.4 Å². The molecule has 1 aliphatic heterocycles. The highest BCUT2D eigenvalue weighted by Crippen LogP contribution is 2.57. The van der Waals surface area contributed by atoms with Crippen molar-refractivity contribution in [3.05, 3.63) is 0 Å². The Morgan fingerprint density at radius 2 is 2.00 bits per heavy atom. The topological polar surface area (TPSA) is 29.5 Å². The highest BCUT2D eigenvalue weighted by molar-refractivity contribution is 5.07. The largest absolute Gasteiger partial charge is 0.393 e. The number of aliphatic hydroxyl groups excluding tert-OH is 1. The van der Waals surface area contributed by atoms with E-state index in [1.54, 1.807) is 0 Å². The van der Waals surface area contributed by atoms with E-state index in [1.807, 2.05) is 0 Å². The summed E-state index contributed by atoms with van der Waals surface area (Å²) in [5.74, 6) is 0.346. The molecular formula is C10H18O2. The molecule has 0 aromatic heterocycles. The number of aliphatic hydroxyl groups is 1. The fraction of sp³-hybridized carbons (Fsp3) is 1.00. The summed E-state index contributed by atoms with van der Waals surface area (Å²) in [6.45, 7) is 7.32. The van der Waals surface area contributed by atoms with Crippen LogP contribution in [0.1, 0.15) is 33.6 Å². The average Bonchev–Trinajstić information content (AvgIpc) is 1.81. The van der Waals surface area contributed by atoms with Crippen LogP contribution in [0, 0.1) is 11.3 Å². The first-order chi connectivity index (χ1) is 5.46. The van der Waals surface area contributed by atoms with E-state index in [1.165, 1.54) is 0 Å². The molecule has 2 aliphatic rings. The van der Waals surface area contributed by atoms with Crippen LogP contribution in [0.3, 0.4) is 0 Å². The van der Waals surface area contributed by atoms with Crippen molar-refractivity contribution < 1.29 is 9.84 Å². The van der Waals surface area contributed by atoms with Crippen molar-refractivity contribution in [1.29, 1.82) is 0 Å². The zero-order valence-corrected chi connectivity index (χ0v) is 8.13. The Bertz CT molecular complexity index is 183. The molecule has 2 heteroatoms. The first kappa shape index (κ1) is 8.52. The van der Waals surface area contributed by atoms with Gasteiger partial charge in [-0.1, -0.05) is 6.92 Å². The maximum Gasteiger partial charge on any atom is 0.0684 e. The molecular weight excluding hydrogens is 152 g/mol. The van der Waals surface area contributed by atoms with Crippen molar-refractivity contribution in [2.45, 2.75) is 45.3 Å².